The van der Waals surface area contributed by atoms with Gasteiger partial charge >= 0.3 is 0 Å². The molecular formula is C26H28ClFN6O. The zero-order valence-corrected chi connectivity index (χ0v) is 20.4. The van der Waals surface area contributed by atoms with Gasteiger partial charge in [-0.25, -0.2) is 19.3 Å². The molecule has 1 aromatic carbocycles. The van der Waals surface area contributed by atoms with Crippen molar-refractivity contribution in [3.63, 3.8) is 0 Å². The lowest BCUT2D eigenvalue weighted by atomic mass is 9.90. The number of anilines is 1. The van der Waals surface area contributed by atoms with Gasteiger partial charge in [-0.15, -0.1) is 0 Å². The van der Waals surface area contributed by atoms with Gasteiger partial charge in [0.1, 0.15) is 5.65 Å². The van der Waals surface area contributed by atoms with Crippen LogP contribution >= 0.6 is 11.6 Å². The van der Waals surface area contributed by atoms with E-state index in [0.717, 1.165) is 37.3 Å². The fourth-order valence-corrected chi connectivity index (χ4v) is 4.41. The highest BCUT2D eigenvalue weighted by molar-refractivity contribution is 6.31. The van der Waals surface area contributed by atoms with Gasteiger partial charge in [0.15, 0.2) is 17.5 Å². The Morgan fingerprint density at radius 1 is 1.09 bits per heavy atom. The van der Waals surface area contributed by atoms with Crippen molar-refractivity contribution < 1.29 is 9.18 Å². The molecule has 182 valence electrons. The molecule has 1 aliphatic rings. The minimum Gasteiger partial charge on any atom is -0.363 e. The summed E-state index contributed by atoms with van der Waals surface area (Å²) in [6.07, 6.45) is 8.03. The van der Waals surface area contributed by atoms with Gasteiger partial charge in [-0.3, -0.25) is 4.79 Å². The predicted molar refractivity (Wildman–Crippen MR) is 137 cm³/mol. The number of H-pyrrole nitrogens is 1. The highest BCUT2D eigenvalue weighted by atomic mass is 35.5. The fourth-order valence-electron chi connectivity index (χ4n) is 4.25. The zero-order chi connectivity index (χ0) is 24.8. The largest absolute Gasteiger partial charge is 0.363 e. The van der Waals surface area contributed by atoms with E-state index in [1.165, 1.54) is 0 Å². The Morgan fingerprint density at radius 3 is 2.60 bits per heavy atom. The number of fused-ring (bicyclic) bond motifs is 1. The molecule has 3 heterocycles. The second-order valence-electron chi connectivity index (χ2n) is 8.12. The van der Waals surface area contributed by atoms with Gasteiger partial charge in [-0.05, 0) is 31.0 Å². The molecule has 35 heavy (non-hydrogen) atoms. The van der Waals surface area contributed by atoms with Crippen molar-refractivity contribution in [3.8, 4) is 11.4 Å². The number of amides is 1. The fraction of sp³-hybridized carbons (Fsp3) is 0.308. The second kappa shape index (κ2) is 11.3. The molecule has 5 rings (SSSR count). The molecule has 3 aromatic heterocycles. The van der Waals surface area contributed by atoms with Crippen LogP contribution in [-0.2, 0) is 0 Å². The van der Waals surface area contributed by atoms with Crippen LogP contribution in [0.2, 0.25) is 5.02 Å². The molecule has 1 aliphatic carbocycles. The number of carbonyl (C=O) groups is 1. The summed E-state index contributed by atoms with van der Waals surface area (Å²) in [5.41, 5.74) is 1.93. The van der Waals surface area contributed by atoms with E-state index in [-0.39, 0.29) is 23.8 Å². The van der Waals surface area contributed by atoms with Gasteiger partial charge < -0.3 is 15.6 Å². The molecule has 0 bridgehead atoms. The molecule has 2 atom stereocenters. The predicted octanol–water partition coefficient (Wildman–Crippen LogP) is 5.99. The Morgan fingerprint density at radius 2 is 1.83 bits per heavy atom. The van der Waals surface area contributed by atoms with E-state index in [2.05, 4.69) is 30.6 Å². The minimum atomic E-state index is -0.548. The van der Waals surface area contributed by atoms with Gasteiger partial charge in [0.2, 0.25) is 0 Å². The first-order valence-electron chi connectivity index (χ1n) is 11.9. The molecular weight excluding hydrogens is 467 g/mol. The standard InChI is InChI=1S/C24H22ClFN6O.C2H6/c25-15-10-16-17(12-28-21(16)27-11-15)22-29-13-18(26)23(32-22)30-19-8-4-5-9-20(19)31-24(33)14-6-2-1-3-7-14;1-2/h1-3,6-7,10-13,19-20H,4-5,8-9H2,(H,27,28)(H,31,33)(H,29,30,32);1-2H3. The number of aromatic nitrogens is 4. The van der Waals surface area contributed by atoms with Gasteiger partial charge in [-0.1, -0.05) is 56.5 Å². The highest BCUT2D eigenvalue weighted by Crippen LogP contribution is 2.29. The summed E-state index contributed by atoms with van der Waals surface area (Å²) < 4.78 is 14.7. The summed E-state index contributed by atoms with van der Waals surface area (Å²) in [4.78, 5) is 28.6. The first kappa shape index (κ1) is 24.6. The average Bonchev–Trinajstić information content (AvgIpc) is 3.31. The molecule has 3 N–H and O–H groups in total. The number of halogens is 2. The molecule has 9 heteroatoms. The SMILES string of the molecule is CC.O=C(NC1CCCCC1Nc1nc(-c2c[nH]c3ncc(Cl)cc23)ncc1F)c1ccccc1. The van der Waals surface area contributed by atoms with Crippen LogP contribution in [0.4, 0.5) is 10.2 Å². The maximum atomic E-state index is 14.7. The van der Waals surface area contributed by atoms with E-state index in [0.29, 0.717) is 27.6 Å². The van der Waals surface area contributed by atoms with Crippen molar-refractivity contribution in [1.29, 1.82) is 0 Å². The van der Waals surface area contributed by atoms with Crippen molar-refractivity contribution >= 4 is 34.4 Å². The van der Waals surface area contributed by atoms with E-state index in [4.69, 9.17) is 11.6 Å². The number of hydrogen-bond acceptors (Lipinski definition) is 5. The summed E-state index contributed by atoms with van der Waals surface area (Å²) >= 11 is 6.10. The van der Waals surface area contributed by atoms with Crippen LogP contribution in [-0.4, -0.2) is 37.9 Å². The van der Waals surface area contributed by atoms with Crippen molar-refractivity contribution in [1.82, 2.24) is 25.3 Å². The summed E-state index contributed by atoms with van der Waals surface area (Å²) in [6.45, 7) is 4.00. The maximum absolute atomic E-state index is 14.7. The van der Waals surface area contributed by atoms with Gasteiger partial charge in [0.25, 0.3) is 5.91 Å². The monoisotopic (exact) mass is 494 g/mol. The van der Waals surface area contributed by atoms with Gasteiger partial charge in [0, 0.05) is 41.0 Å². The van der Waals surface area contributed by atoms with Gasteiger partial charge in [0.05, 0.1) is 11.2 Å². The number of carbonyl (C=O) groups excluding carboxylic acids is 1. The number of pyridine rings is 1. The topological polar surface area (TPSA) is 95.6 Å². The maximum Gasteiger partial charge on any atom is 0.251 e. The van der Waals surface area contributed by atoms with Crippen molar-refractivity contribution in [2.24, 2.45) is 0 Å². The Kier molecular flexibility index (Phi) is 7.92. The Labute approximate surface area is 208 Å². The van der Waals surface area contributed by atoms with Crippen LogP contribution < -0.4 is 10.6 Å². The van der Waals surface area contributed by atoms with Crippen molar-refractivity contribution in [3.05, 3.63) is 71.4 Å². The molecule has 0 radical (unpaired) electrons. The lowest BCUT2D eigenvalue weighted by molar-refractivity contribution is 0.0923. The second-order valence-corrected chi connectivity index (χ2v) is 8.56. The lowest BCUT2D eigenvalue weighted by Gasteiger charge is -2.33. The summed E-state index contributed by atoms with van der Waals surface area (Å²) in [6, 6.07) is 10.6. The van der Waals surface area contributed by atoms with Gasteiger partial charge in [-0.2, -0.15) is 0 Å². The number of nitrogens with zero attached hydrogens (tertiary/aromatic N) is 3. The molecule has 1 fully saturated rings. The third-order valence-electron chi connectivity index (χ3n) is 5.92. The summed E-state index contributed by atoms with van der Waals surface area (Å²) in [5, 5.41) is 7.57. The normalized spacial score (nSPS) is 17.4. The Bertz CT molecular complexity index is 1300. The molecule has 0 saturated heterocycles. The molecule has 1 saturated carbocycles. The molecule has 0 aliphatic heterocycles. The van der Waals surface area contributed by atoms with Crippen LogP contribution in [0.5, 0.6) is 0 Å². The van der Waals surface area contributed by atoms with E-state index >= 15 is 0 Å². The third-order valence-corrected chi connectivity index (χ3v) is 6.13. The van der Waals surface area contributed by atoms with Crippen LogP contribution in [0.3, 0.4) is 0 Å². The highest BCUT2D eigenvalue weighted by Gasteiger charge is 2.28. The summed E-state index contributed by atoms with van der Waals surface area (Å²) in [7, 11) is 0. The average molecular weight is 495 g/mol. The van der Waals surface area contributed by atoms with E-state index in [1.807, 2.05) is 32.0 Å². The van der Waals surface area contributed by atoms with Crippen LogP contribution in [0, 0.1) is 5.82 Å². The van der Waals surface area contributed by atoms with E-state index in [1.54, 1.807) is 30.6 Å². The van der Waals surface area contributed by atoms with E-state index in [9.17, 15) is 9.18 Å². The Hall–Kier alpha value is -3.52. The quantitative estimate of drug-likeness (QED) is 0.316. The zero-order valence-electron chi connectivity index (χ0n) is 19.7. The third kappa shape index (κ3) is 5.59. The number of hydrogen-bond donors (Lipinski definition) is 3. The number of rotatable bonds is 5. The number of benzene rings is 1. The number of aromatic amines is 1. The van der Waals surface area contributed by atoms with Crippen LogP contribution in [0.15, 0.2) is 55.0 Å². The smallest absolute Gasteiger partial charge is 0.251 e. The minimum absolute atomic E-state index is 0.107. The summed E-state index contributed by atoms with van der Waals surface area (Å²) in [5.74, 6) is -0.222. The first-order chi connectivity index (χ1) is 17.1. The number of nitrogens with one attached hydrogen (secondary N) is 3. The molecule has 4 aromatic rings. The first-order valence-corrected chi connectivity index (χ1v) is 12.2. The molecule has 2 unspecified atom stereocenters. The molecule has 7 nitrogen and oxygen atoms in total. The van der Waals surface area contributed by atoms with Crippen LogP contribution in [0.1, 0.15) is 49.9 Å². The molecule has 0 spiro atoms. The van der Waals surface area contributed by atoms with E-state index < -0.39 is 5.82 Å². The molecule has 1 amide bonds. The Balaban J connectivity index is 0.00000141. The van der Waals surface area contributed by atoms with Crippen LogP contribution in [0.25, 0.3) is 22.4 Å². The van der Waals surface area contributed by atoms with Crippen molar-refractivity contribution in [2.75, 3.05) is 5.32 Å². The lowest BCUT2D eigenvalue weighted by Crippen LogP contribution is -2.48. The van der Waals surface area contributed by atoms with Crippen molar-refractivity contribution in [2.45, 2.75) is 51.6 Å².